The van der Waals surface area contributed by atoms with Crippen molar-refractivity contribution in [2.75, 3.05) is 13.1 Å². The van der Waals surface area contributed by atoms with Crippen LogP contribution in [0.25, 0.3) is 0 Å². The third-order valence-corrected chi connectivity index (χ3v) is 14.7. The molecule has 1 saturated heterocycles. The number of nitrogens with zero attached hydrogens (tertiary/aromatic N) is 1. The zero-order valence-corrected chi connectivity index (χ0v) is 28.3. The van der Waals surface area contributed by atoms with E-state index in [4.69, 9.17) is 0 Å². The maximum absolute atomic E-state index is 4.18. The topological polar surface area (TPSA) is 15.3 Å². The van der Waals surface area contributed by atoms with Gasteiger partial charge in [0.05, 0.1) is 0 Å². The van der Waals surface area contributed by atoms with Gasteiger partial charge in [-0.2, -0.15) is 0 Å². The summed E-state index contributed by atoms with van der Waals surface area (Å²) in [6.07, 6.45) is 31.5. The van der Waals surface area contributed by atoms with Gasteiger partial charge in [0.2, 0.25) is 0 Å². The Hall–Kier alpha value is -0.340. The molecule has 6 aliphatic rings. The number of allylic oxidation sites excluding steroid dienone is 1. The van der Waals surface area contributed by atoms with E-state index in [-0.39, 0.29) is 0 Å². The van der Waals surface area contributed by atoms with Gasteiger partial charge in [0.1, 0.15) is 0 Å². The van der Waals surface area contributed by atoms with Crippen molar-refractivity contribution in [2.24, 2.45) is 53.3 Å². The molecule has 2 heteroatoms. The lowest BCUT2D eigenvalue weighted by atomic mass is 9.60. The fourth-order valence-corrected chi connectivity index (χ4v) is 10.8. The first-order valence-corrected chi connectivity index (χ1v) is 19.6. The molecule has 5 saturated carbocycles. The van der Waals surface area contributed by atoms with Crippen LogP contribution in [0, 0.1) is 53.3 Å². The van der Waals surface area contributed by atoms with E-state index in [9.17, 15) is 0 Å². The maximum atomic E-state index is 4.18. The van der Waals surface area contributed by atoms with Gasteiger partial charge in [0.25, 0.3) is 0 Å². The van der Waals surface area contributed by atoms with E-state index in [2.05, 4.69) is 37.6 Å². The quantitative estimate of drug-likeness (QED) is 0.194. The van der Waals surface area contributed by atoms with E-state index in [0.717, 1.165) is 65.5 Å². The predicted molar refractivity (Wildman–Crippen MR) is 181 cm³/mol. The molecule has 1 N–H and O–H groups in total. The highest BCUT2D eigenvalue weighted by Crippen LogP contribution is 2.50. The average Bonchev–Trinajstić information content (AvgIpc) is 3.32. The Kier molecular flexibility index (Phi) is 11.2. The molecule has 5 aliphatic carbocycles. The lowest BCUT2D eigenvalue weighted by Crippen LogP contribution is -2.55. The summed E-state index contributed by atoms with van der Waals surface area (Å²) < 4.78 is 0. The van der Waals surface area contributed by atoms with Crippen molar-refractivity contribution in [3.63, 3.8) is 0 Å². The first kappa shape index (κ1) is 31.6. The molecule has 7 atom stereocenters. The van der Waals surface area contributed by atoms with Crippen LogP contribution in [0.1, 0.15) is 156 Å². The van der Waals surface area contributed by atoms with Gasteiger partial charge in [0.15, 0.2) is 0 Å². The molecule has 240 valence electrons. The van der Waals surface area contributed by atoms with Gasteiger partial charge in [0, 0.05) is 18.1 Å². The smallest absolute Gasteiger partial charge is 0.0129 e. The molecule has 2 nitrogen and oxygen atoms in total. The summed E-state index contributed by atoms with van der Waals surface area (Å²) in [6.45, 7) is 14.0. The Labute approximate surface area is 262 Å². The molecule has 0 bridgehead atoms. The molecule has 6 fully saturated rings. The van der Waals surface area contributed by atoms with E-state index in [0.29, 0.717) is 5.92 Å². The van der Waals surface area contributed by atoms with Crippen LogP contribution in [0.3, 0.4) is 0 Å². The Bertz CT molecular complexity index is 835. The molecule has 0 amide bonds. The van der Waals surface area contributed by atoms with Gasteiger partial charge >= 0.3 is 0 Å². The second kappa shape index (κ2) is 14.8. The van der Waals surface area contributed by atoms with Crippen molar-refractivity contribution in [1.29, 1.82) is 0 Å². The van der Waals surface area contributed by atoms with E-state index in [1.54, 1.807) is 32.1 Å². The summed E-state index contributed by atoms with van der Waals surface area (Å²) in [5.74, 6) is 8.87. The third kappa shape index (κ3) is 7.54. The molecule has 0 spiro atoms. The normalized spacial score (nSPS) is 39.4. The van der Waals surface area contributed by atoms with Gasteiger partial charge in [-0.25, -0.2) is 0 Å². The van der Waals surface area contributed by atoms with Crippen LogP contribution in [-0.2, 0) is 0 Å². The van der Waals surface area contributed by atoms with E-state index in [1.807, 2.05) is 0 Å². The highest BCUT2D eigenvalue weighted by Gasteiger charge is 2.45. The summed E-state index contributed by atoms with van der Waals surface area (Å²) >= 11 is 0. The Morgan fingerprint density at radius 1 is 0.738 bits per heavy atom. The predicted octanol–water partition coefficient (Wildman–Crippen LogP) is 10.4. The Balaban J connectivity index is 0.984. The van der Waals surface area contributed by atoms with Crippen molar-refractivity contribution in [3.05, 3.63) is 12.2 Å². The minimum atomic E-state index is 0.691. The van der Waals surface area contributed by atoms with Crippen LogP contribution in [0.2, 0.25) is 0 Å². The van der Waals surface area contributed by atoms with E-state index >= 15 is 0 Å². The Morgan fingerprint density at radius 2 is 1.50 bits per heavy atom. The highest BCUT2D eigenvalue weighted by atomic mass is 15.2. The molecule has 6 rings (SSSR count). The minimum Gasteiger partial charge on any atom is -0.314 e. The summed E-state index contributed by atoms with van der Waals surface area (Å²) in [5.41, 5.74) is 1.36. The zero-order chi connectivity index (χ0) is 29.1. The van der Waals surface area contributed by atoms with Gasteiger partial charge in [-0.3, -0.25) is 4.90 Å². The monoisotopic (exact) mass is 579 g/mol. The van der Waals surface area contributed by atoms with Gasteiger partial charge in [-0.1, -0.05) is 70.9 Å². The van der Waals surface area contributed by atoms with Crippen molar-refractivity contribution >= 4 is 0 Å². The molecular weight excluding hydrogens is 508 g/mol. The molecule has 0 radical (unpaired) electrons. The van der Waals surface area contributed by atoms with Gasteiger partial charge < -0.3 is 5.32 Å². The molecule has 0 aromatic rings. The van der Waals surface area contributed by atoms with Crippen molar-refractivity contribution in [2.45, 2.75) is 174 Å². The average molecular weight is 579 g/mol. The summed E-state index contributed by atoms with van der Waals surface area (Å²) in [5, 5.41) is 4.10. The number of rotatable bonds is 15. The lowest BCUT2D eigenvalue weighted by molar-refractivity contribution is -0.0249. The highest BCUT2D eigenvalue weighted by molar-refractivity contribution is 4.99. The second-order valence-electron chi connectivity index (χ2n) is 17.3. The molecule has 0 aromatic heterocycles. The van der Waals surface area contributed by atoms with Gasteiger partial charge in [-0.05, 0) is 163 Å². The Morgan fingerprint density at radius 3 is 2.21 bits per heavy atom. The third-order valence-electron chi connectivity index (χ3n) is 14.7. The maximum Gasteiger partial charge on any atom is 0.0129 e. The number of hydrogen-bond acceptors (Lipinski definition) is 2. The summed E-state index contributed by atoms with van der Waals surface area (Å²) in [7, 11) is 0. The second-order valence-corrected chi connectivity index (χ2v) is 17.3. The number of likely N-dealkylation sites (tertiary alicyclic amines) is 1. The first-order chi connectivity index (χ1) is 20.5. The van der Waals surface area contributed by atoms with Crippen molar-refractivity contribution in [3.8, 4) is 0 Å². The summed E-state index contributed by atoms with van der Waals surface area (Å²) in [6, 6.07) is 2.68. The minimum absolute atomic E-state index is 0.691. The number of fused-ring (bicyclic) bond motifs is 1. The molecular formula is C40H70N2. The molecule has 42 heavy (non-hydrogen) atoms. The largest absolute Gasteiger partial charge is 0.314 e. The number of hydrogen-bond donors (Lipinski definition) is 1. The van der Waals surface area contributed by atoms with Gasteiger partial charge in [-0.15, -0.1) is 0 Å². The molecule has 0 aromatic carbocycles. The molecule has 7 unspecified atom stereocenters. The van der Waals surface area contributed by atoms with Crippen LogP contribution < -0.4 is 5.32 Å². The summed E-state index contributed by atoms with van der Waals surface area (Å²) in [4.78, 5) is 3.15. The van der Waals surface area contributed by atoms with E-state index in [1.165, 1.54) is 121 Å². The van der Waals surface area contributed by atoms with Crippen LogP contribution in [0.15, 0.2) is 12.2 Å². The van der Waals surface area contributed by atoms with Crippen LogP contribution in [0.4, 0.5) is 0 Å². The van der Waals surface area contributed by atoms with Crippen LogP contribution in [-0.4, -0.2) is 36.1 Å². The zero-order valence-electron chi connectivity index (χ0n) is 28.3. The number of nitrogens with one attached hydrogen (secondary N) is 1. The standard InChI is InChI=1S/C40H70N2/c1-28(2)29(3)15-16-30(4)35-26-37(27-35)41-22-21-33(18-17-31-24-36(25-31)32-11-8-12-32)38-19-20-40(38)42-23-7-5-6-10-34-13-9-14-39(34)42/h29-41H,1,5-27H2,2-4H3. The van der Waals surface area contributed by atoms with Crippen LogP contribution >= 0.6 is 0 Å². The molecule has 1 heterocycles. The fourth-order valence-electron chi connectivity index (χ4n) is 10.8. The van der Waals surface area contributed by atoms with E-state index < -0.39 is 0 Å². The van der Waals surface area contributed by atoms with Crippen LogP contribution in [0.5, 0.6) is 0 Å². The van der Waals surface area contributed by atoms with Crippen molar-refractivity contribution in [1.82, 2.24) is 10.2 Å². The van der Waals surface area contributed by atoms with Crippen molar-refractivity contribution < 1.29 is 0 Å². The first-order valence-electron chi connectivity index (χ1n) is 19.6. The fraction of sp³-hybridized carbons (Fsp3) is 0.950. The SMILES string of the molecule is C=C(C)C(C)CCC(C)C1CC(NCCC(CCC2CC(C3CCC3)C2)C2CCC2N2CCCCCC3CCCC32)C1. The molecule has 1 aliphatic heterocycles. The lowest BCUT2D eigenvalue weighted by Gasteiger charge is -2.52.